The van der Waals surface area contributed by atoms with Crippen LogP contribution in [0.5, 0.6) is 0 Å². The lowest BCUT2D eigenvalue weighted by Crippen LogP contribution is -2.29. The molecule has 1 aliphatic carbocycles. The molecule has 0 atom stereocenters. The number of aryl methyl sites for hydroxylation is 2. The van der Waals surface area contributed by atoms with Crippen molar-refractivity contribution in [3.63, 3.8) is 0 Å². The van der Waals surface area contributed by atoms with Gasteiger partial charge in [0.1, 0.15) is 0 Å². The van der Waals surface area contributed by atoms with Gasteiger partial charge < -0.3 is 5.32 Å². The van der Waals surface area contributed by atoms with Crippen LogP contribution in [-0.2, 0) is 23.0 Å². The normalized spacial score (nSPS) is 12.1. The van der Waals surface area contributed by atoms with Crippen molar-refractivity contribution < 1.29 is 13.2 Å². The van der Waals surface area contributed by atoms with Crippen molar-refractivity contribution in [1.29, 1.82) is 0 Å². The van der Waals surface area contributed by atoms with E-state index in [1.54, 1.807) is 24.3 Å². The molecular formula is C30H28N2O3S. The first-order chi connectivity index (χ1) is 17.2. The standard InChI is InChI=1S/C30H28N2O3S/c1-20-8-14-27(16-21(20)2)32(36(3,34)35)19-22-9-11-23(12-10-22)30(33)31-26-13-15-29-25(18-26)17-24-6-4-5-7-28(24)29/h4-16,18H,17,19H2,1-3H3,(H,31,33). The third kappa shape index (κ3) is 4.77. The molecule has 0 spiro atoms. The van der Waals surface area contributed by atoms with Crippen molar-refractivity contribution in [2.24, 2.45) is 0 Å². The maximum atomic E-state index is 12.9. The Kier molecular flexibility index (Phi) is 6.14. The van der Waals surface area contributed by atoms with Crippen LogP contribution in [0.2, 0.25) is 0 Å². The van der Waals surface area contributed by atoms with Crippen molar-refractivity contribution in [3.8, 4) is 11.1 Å². The molecule has 5 nitrogen and oxygen atoms in total. The molecular weight excluding hydrogens is 468 g/mol. The molecule has 1 N–H and O–H groups in total. The minimum Gasteiger partial charge on any atom is -0.322 e. The zero-order chi connectivity index (χ0) is 25.4. The van der Waals surface area contributed by atoms with Gasteiger partial charge in [-0.2, -0.15) is 0 Å². The number of rotatable bonds is 6. The lowest BCUT2D eigenvalue weighted by atomic mass is 10.1. The molecule has 0 heterocycles. The fourth-order valence-corrected chi connectivity index (χ4v) is 5.51. The van der Waals surface area contributed by atoms with Gasteiger partial charge >= 0.3 is 0 Å². The van der Waals surface area contributed by atoms with E-state index in [1.165, 1.54) is 32.8 Å². The number of hydrogen-bond donors (Lipinski definition) is 1. The SMILES string of the molecule is Cc1ccc(N(Cc2ccc(C(=O)Nc3ccc4c(c3)Cc3ccccc3-4)cc2)S(C)(=O)=O)cc1C. The second kappa shape index (κ2) is 9.28. The smallest absolute Gasteiger partial charge is 0.255 e. The number of fused-ring (bicyclic) bond motifs is 3. The number of benzene rings is 4. The van der Waals surface area contributed by atoms with Crippen molar-refractivity contribution in [2.45, 2.75) is 26.8 Å². The van der Waals surface area contributed by atoms with Crippen LogP contribution in [0.25, 0.3) is 11.1 Å². The van der Waals surface area contributed by atoms with E-state index in [1.807, 2.05) is 56.3 Å². The molecule has 36 heavy (non-hydrogen) atoms. The first kappa shape index (κ1) is 23.8. The van der Waals surface area contributed by atoms with Crippen LogP contribution in [0.15, 0.2) is 84.9 Å². The zero-order valence-electron chi connectivity index (χ0n) is 20.6. The van der Waals surface area contributed by atoms with Gasteiger partial charge in [0.05, 0.1) is 18.5 Å². The summed E-state index contributed by atoms with van der Waals surface area (Å²) in [5.41, 5.74) is 9.81. The van der Waals surface area contributed by atoms with Crippen LogP contribution in [-0.4, -0.2) is 20.6 Å². The lowest BCUT2D eigenvalue weighted by molar-refractivity contribution is 0.102. The number of carbonyl (C=O) groups is 1. The zero-order valence-corrected chi connectivity index (χ0v) is 21.4. The number of sulfonamides is 1. The summed E-state index contributed by atoms with van der Waals surface area (Å²) in [7, 11) is -3.48. The number of nitrogens with one attached hydrogen (secondary N) is 1. The average molecular weight is 497 g/mol. The average Bonchev–Trinajstić information content (AvgIpc) is 3.22. The summed E-state index contributed by atoms with van der Waals surface area (Å²) in [6, 6.07) is 27.1. The topological polar surface area (TPSA) is 66.5 Å². The molecule has 0 saturated carbocycles. The minimum atomic E-state index is -3.48. The Balaban J connectivity index is 1.30. The number of hydrogen-bond acceptors (Lipinski definition) is 3. The molecule has 0 unspecified atom stereocenters. The Hall–Kier alpha value is -3.90. The lowest BCUT2D eigenvalue weighted by Gasteiger charge is -2.23. The molecule has 5 rings (SSSR count). The quantitative estimate of drug-likeness (QED) is 0.309. The van der Waals surface area contributed by atoms with Gasteiger partial charge in [-0.25, -0.2) is 8.42 Å². The molecule has 6 heteroatoms. The largest absolute Gasteiger partial charge is 0.322 e. The van der Waals surface area contributed by atoms with Gasteiger partial charge in [-0.05, 0) is 95.6 Å². The Bertz CT molecular complexity index is 1570. The van der Waals surface area contributed by atoms with E-state index in [4.69, 9.17) is 0 Å². The van der Waals surface area contributed by atoms with Gasteiger partial charge in [0.2, 0.25) is 10.0 Å². The van der Waals surface area contributed by atoms with Crippen LogP contribution in [0.4, 0.5) is 11.4 Å². The van der Waals surface area contributed by atoms with E-state index < -0.39 is 10.0 Å². The molecule has 4 aromatic rings. The fraction of sp³-hybridized carbons (Fsp3) is 0.167. The van der Waals surface area contributed by atoms with Gasteiger partial charge in [-0.1, -0.05) is 48.5 Å². The maximum Gasteiger partial charge on any atom is 0.255 e. The summed E-state index contributed by atoms with van der Waals surface area (Å²) in [6.07, 6.45) is 2.07. The predicted octanol–water partition coefficient (Wildman–Crippen LogP) is 6.09. The van der Waals surface area contributed by atoms with Crippen LogP contribution in [0.3, 0.4) is 0 Å². The monoisotopic (exact) mass is 496 g/mol. The molecule has 0 aromatic heterocycles. The third-order valence-corrected chi connectivity index (χ3v) is 7.91. The molecule has 1 amide bonds. The molecule has 0 saturated heterocycles. The number of nitrogens with zero attached hydrogens (tertiary/aromatic N) is 1. The Morgan fingerprint density at radius 2 is 1.56 bits per heavy atom. The van der Waals surface area contributed by atoms with Gasteiger partial charge in [0.25, 0.3) is 5.91 Å². The van der Waals surface area contributed by atoms with E-state index in [2.05, 4.69) is 23.5 Å². The van der Waals surface area contributed by atoms with E-state index in [0.29, 0.717) is 11.3 Å². The highest BCUT2D eigenvalue weighted by atomic mass is 32.2. The molecule has 0 bridgehead atoms. The van der Waals surface area contributed by atoms with Gasteiger partial charge in [0, 0.05) is 11.3 Å². The maximum absolute atomic E-state index is 12.9. The summed E-state index contributed by atoms with van der Waals surface area (Å²) < 4.78 is 26.4. The summed E-state index contributed by atoms with van der Waals surface area (Å²) in [5.74, 6) is -0.203. The van der Waals surface area contributed by atoms with Gasteiger partial charge in [-0.3, -0.25) is 9.10 Å². The molecule has 0 aliphatic heterocycles. The van der Waals surface area contributed by atoms with Crippen LogP contribution in [0.1, 0.15) is 38.2 Å². The van der Waals surface area contributed by atoms with Crippen molar-refractivity contribution in [2.75, 3.05) is 15.9 Å². The highest BCUT2D eigenvalue weighted by Crippen LogP contribution is 2.37. The highest BCUT2D eigenvalue weighted by molar-refractivity contribution is 7.92. The predicted molar refractivity (Wildman–Crippen MR) is 146 cm³/mol. The van der Waals surface area contributed by atoms with Crippen LogP contribution in [0, 0.1) is 13.8 Å². The van der Waals surface area contributed by atoms with E-state index in [9.17, 15) is 13.2 Å². The number of amides is 1. The molecule has 1 aliphatic rings. The second-order valence-corrected chi connectivity index (χ2v) is 11.3. The summed E-state index contributed by atoms with van der Waals surface area (Å²) >= 11 is 0. The van der Waals surface area contributed by atoms with Crippen molar-refractivity contribution in [1.82, 2.24) is 0 Å². The second-order valence-electron chi connectivity index (χ2n) is 9.40. The number of carbonyl (C=O) groups excluding carboxylic acids is 1. The van der Waals surface area contributed by atoms with E-state index in [0.717, 1.165) is 28.8 Å². The van der Waals surface area contributed by atoms with Crippen LogP contribution < -0.4 is 9.62 Å². The highest BCUT2D eigenvalue weighted by Gasteiger charge is 2.20. The molecule has 182 valence electrons. The van der Waals surface area contributed by atoms with E-state index >= 15 is 0 Å². The first-order valence-electron chi connectivity index (χ1n) is 11.9. The molecule has 0 radical (unpaired) electrons. The van der Waals surface area contributed by atoms with Gasteiger partial charge in [-0.15, -0.1) is 0 Å². The van der Waals surface area contributed by atoms with Gasteiger partial charge in [0.15, 0.2) is 0 Å². The molecule has 0 fully saturated rings. The Labute approximate surface area is 212 Å². The van der Waals surface area contributed by atoms with Crippen LogP contribution >= 0.6 is 0 Å². The summed E-state index contributed by atoms with van der Waals surface area (Å²) in [5, 5.41) is 2.99. The third-order valence-electron chi connectivity index (χ3n) is 6.77. The Morgan fingerprint density at radius 3 is 2.28 bits per heavy atom. The first-order valence-corrected chi connectivity index (χ1v) is 13.7. The fourth-order valence-electron chi connectivity index (χ4n) is 4.63. The molecule has 4 aromatic carbocycles. The summed E-state index contributed by atoms with van der Waals surface area (Å²) in [6.45, 7) is 4.15. The Morgan fingerprint density at radius 1 is 0.833 bits per heavy atom. The van der Waals surface area contributed by atoms with Crippen molar-refractivity contribution in [3.05, 3.63) is 118 Å². The van der Waals surface area contributed by atoms with E-state index in [-0.39, 0.29) is 12.5 Å². The number of anilines is 2. The van der Waals surface area contributed by atoms with Crippen molar-refractivity contribution >= 4 is 27.3 Å². The minimum absolute atomic E-state index is 0.189. The summed E-state index contributed by atoms with van der Waals surface area (Å²) in [4.78, 5) is 12.9.